The number of methoxy groups -OCH3 is 5. The summed E-state index contributed by atoms with van der Waals surface area (Å²) in [5.41, 5.74) is 15.4. The van der Waals surface area contributed by atoms with E-state index >= 15 is 0 Å². The first-order valence-corrected chi connectivity index (χ1v) is 42.1. The third kappa shape index (κ3) is 16.6. The minimum Gasteiger partial charge on any atom is -0.488 e. The standard InChI is InChI=1S/C46H55N7O8.C46H56N6O7/c1-8-24(2)41(51-46(57)60-7)44(55)53-25(3)9-14-38(53)42-47-20-37(50-42)29-10-12-31-30(16-29)23-61-40-19-32-28(17-34(31)40)11-13-35-33(32)18-36(49-35)39-15-27(22-58-5)21-52(39)43(54)26(4)48-45(56)59-6;1-9-25(2)41(50-44(54)57-8)43(53)52-26(3)10-15-38(52)42-47-21-37(49-42)29-11-13-31-30(17-29)24-58-40-20-32-28(18-34(31)40)12-14-35-33(32)19-36(48-35)39-16-27(23-56-7)22-51(39)45(55)59-46(4,5)6/h10-13,16-17,19-20,24-27,38-39,41H,8-9,14-15,18,21-23H2,1-7H3,(H,47,50)(H,48,56)(H,51,57);11-14,17-18,20-21,25-27,38-39,41H,9-10,15-16,19,22-24H2,1-8H3,(H,47,49)(H,50,54)/t24-,25-,26-,27-,38-,39-,41-;25-,26-,27-,38-,39-,41-/m00/s1. The molecule has 4 saturated heterocycles. The van der Waals surface area contributed by atoms with E-state index in [-0.39, 0.29) is 83.7 Å². The van der Waals surface area contributed by atoms with Crippen molar-refractivity contribution in [1.29, 1.82) is 0 Å². The van der Waals surface area contributed by atoms with Crippen LogP contribution in [-0.4, -0.2) is 203 Å². The molecule has 6 aromatic carbocycles. The van der Waals surface area contributed by atoms with Crippen molar-refractivity contribution < 1.29 is 71.5 Å². The number of alkyl carbamates (subject to hydrolysis) is 3. The van der Waals surface area contributed by atoms with Gasteiger partial charge in [0.05, 0.1) is 93.9 Å². The van der Waals surface area contributed by atoms with Crippen molar-refractivity contribution in [1.82, 2.24) is 55.5 Å². The number of aliphatic imine (C=N–C) groups is 2. The highest BCUT2D eigenvalue weighted by Gasteiger charge is 2.47. The van der Waals surface area contributed by atoms with Gasteiger partial charge < -0.3 is 78.5 Å². The van der Waals surface area contributed by atoms with Crippen LogP contribution >= 0.6 is 0 Å². The zero-order chi connectivity index (χ0) is 84.9. The number of nitrogens with one attached hydrogen (secondary N) is 5. The molecule has 0 saturated carbocycles. The molecule has 28 heteroatoms. The molecule has 120 heavy (non-hydrogen) atoms. The Morgan fingerprint density at radius 1 is 0.525 bits per heavy atom. The Hall–Kier alpha value is -11.4. The molecule has 0 unspecified atom stereocenters. The Bertz CT molecular complexity index is 5360. The fourth-order valence-corrected chi connectivity index (χ4v) is 18.9. The molecule has 5 N–H and O–H groups in total. The summed E-state index contributed by atoms with van der Waals surface area (Å²) in [7, 11) is 7.26. The van der Waals surface area contributed by atoms with Crippen molar-refractivity contribution >= 4 is 86.4 Å². The summed E-state index contributed by atoms with van der Waals surface area (Å²) in [6.45, 7) is 22.4. The monoisotopic (exact) mass is 1640 g/mol. The van der Waals surface area contributed by atoms with E-state index in [1.165, 1.54) is 21.3 Å². The van der Waals surface area contributed by atoms with Crippen molar-refractivity contribution in [2.24, 2.45) is 33.7 Å². The third-order valence-electron chi connectivity index (χ3n) is 25.5. The van der Waals surface area contributed by atoms with E-state index in [0.29, 0.717) is 58.2 Å². The molecule has 8 aromatic rings. The highest BCUT2D eigenvalue weighted by atomic mass is 16.6. The largest absolute Gasteiger partial charge is 0.488 e. The lowest BCUT2D eigenvalue weighted by atomic mass is 9.90. The van der Waals surface area contributed by atoms with Gasteiger partial charge in [0.15, 0.2) is 0 Å². The number of likely N-dealkylation sites (tertiary alicyclic amines) is 4. The first-order chi connectivity index (χ1) is 57.7. The molecule has 13 atom stereocenters. The van der Waals surface area contributed by atoms with Gasteiger partial charge in [-0.05, 0) is 206 Å². The van der Waals surface area contributed by atoms with Gasteiger partial charge in [0, 0.05) is 86.6 Å². The average Bonchev–Trinajstić information content (AvgIpc) is 1.53. The number of aromatic nitrogens is 4. The maximum Gasteiger partial charge on any atom is 0.410 e. The van der Waals surface area contributed by atoms with E-state index < -0.39 is 42.0 Å². The molecule has 0 radical (unpaired) electrons. The van der Waals surface area contributed by atoms with E-state index in [9.17, 15) is 33.6 Å². The molecule has 8 aliphatic rings. The first kappa shape index (κ1) is 83.7. The lowest BCUT2D eigenvalue weighted by Gasteiger charge is -2.33. The summed E-state index contributed by atoms with van der Waals surface area (Å²) < 4.78 is 44.2. The van der Waals surface area contributed by atoms with Gasteiger partial charge in [0.25, 0.3) is 0 Å². The van der Waals surface area contributed by atoms with E-state index in [1.54, 1.807) is 21.1 Å². The van der Waals surface area contributed by atoms with Crippen LogP contribution in [0.5, 0.6) is 11.5 Å². The molecule has 0 bridgehead atoms. The molecule has 2 aromatic heterocycles. The number of fused-ring (bicyclic) bond motifs is 12. The molecule has 8 aliphatic heterocycles. The lowest BCUT2D eigenvalue weighted by molar-refractivity contribution is -0.138. The number of imidazole rings is 2. The second-order valence-electron chi connectivity index (χ2n) is 34.5. The summed E-state index contributed by atoms with van der Waals surface area (Å²) >= 11 is 0. The van der Waals surface area contributed by atoms with E-state index in [1.807, 2.05) is 94.3 Å². The number of hydrogen-bond acceptors (Lipinski definition) is 19. The Balaban J connectivity index is 0.000000187. The molecule has 0 spiro atoms. The molecule has 0 aliphatic carbocycles. The van der Waals surface area contributed by atoms with E-state index in [4.69, 9.17) is 57.8 Å². The quantitative estimate of drug-likeness (QED) is 0.0443. The summed E-state index contributed by atoms with van der Waals surface area (Å²) in [5, 5.41) is 12.5. The highest BCUT2D eigenvalue weighted by Crippen LogP contribution is 2.49. The number of hydrogen-bond donors (Lipinski definition) is 5. The SMILES string of the molecule is CC[C@H](C)[C@H](NC(=O)OC)C(=O)N1[C@@H](C)CC[C@H]1c1ncc(-c2ccc3c(c2)COc2cc4c5c(ccc4cc2-3)N=C([C@@H]2C[C@H](COC)CN2C(=O)OC(C)(C)C)C5)[nH]1.CC[C@H](C)[C@H](NC(=O)OC)C(=O)N1[C@@H](C)CC[C@H]1c1ncc(-c2ccc3c(c2)COc2cc4c5c(ccc4cc2-3)N=C([C@@H]2C[C@H](COC)CN2C(=O)[C@H](C)NC(=O)OC)C5)[nH]1. The number of benzene rings is 6. The normalized spacial score (nSPS) is 21.8. The third-order valence-corrected chi connectivity index (χ3v) is 25.5. The van der Waals surface area contributed by atoms with Crippen LogP contribution in [0.1, 0.15) is 167 Å². The molecule has 4 fully saturated rings. The predicted molar refractivity (Wildman–Crippen MR) is 456 cm³/mol. The van der Waals surface area contributed by atoms with Gasteiger partial charge >= 0.3 is 24.4 Å². The predicted octanol–water partition coefficient (Wildman–Crippen LogP) is 15.4. The molecule has 16 rings (SSSR count). The van der Waals surface area contributed by atoms with Gasteiger partial charge in [-0.3, -0.25) is 29.3 Å². The maximum absolute atomic E-state index is 14.0. The van der Waals surface area contributed by atoms with Gasteiger partial charge in [-0.15, -0.1) is 0 Å². The van der Waals surface area contributed by atoms with Gasteiger partial charge in [-0.2, -0.15) is 0 Å². The highest BCUT2D eigenvalue weighted by molar-refractivity contribution is 6.08. The number of carbonyl (C=O) groups excluding carboxylic acids is 7. The number of H-pyrrole nitrogens is 2. The first-order valence-electron chi connectivity index (χ1n) is 42.1. The average molecular weight is 1640 g/mol. The zero-order valence-corrected chi connectivity index (χ0v) is 71.3. The molecule has 28 nitrogen and oxygen atoms in total. The van der Waals surface area contributed by atoms with E-state index in [0.717, 1.165) is 180 Å². The van der Waals surface area contributed by atoms with Crippen LogP contribution in [0.15, 0.2) is 107 Å². The van der Waals surface area contributed by atoms with Crippen molar-refractivity contribution in [3.8, 4) is 56.3 Å². The van der Waals surface area contributed by atoms with Crippen LogP contribution < -0.4 is 25.4 Å². The number of rotatable bonds is 20. The van der Waals surface area contributed by atoms with Crippen LogP contribution in [0.25, 0.3) is 66.3 Å². The van der Waals surface area contributed by atoms with Crippen LogP contribution in [0.4, 0.5) is 30.6 Å². The number of amides is 7. The van der Waals surface area contributed by atoms with Gasteiger partial charge in [-0.1, -0.05) is 76.9 Å². The topological polar surface area (TPSA) is 324 Å². The van der Waals surface area contributed by atoms with Crippen molar-refractivity contribution in [2.45, 2.75) is 207 Å². The Labute approximate surface area is 699 Å². The molecule has 10 heterocycles. The molecular weight excluding hydrogens is 1530 g/mol. The van der Waals surface area contributed by atoms with Gasteiger partial charge in [-0.25, -0.2) is 29.1 Å². The van der Waals surface area contributed by atoms with Crippen LogP contribution in [0.3, 0.4) is 0 Å². The fourth-order valence-electron chi connectivity index (χ4n) is 18.9. The number of nitrogens with zero attached hydrogens (tertiary/aromatic N) is 8. The second-order valence-corrected chi connectivity index (χ2v) is 34.5. The van der Waals surface area contributed by atoms with Crippen LogP contribution in [0.2, 0.25) is 0 Å². The van der Waals surface area contributed by atoms with Crippen molar-refractivity contribution in [3.05, 3.63) is 131 Å². The maximum atomic E-state index is 14.0. The number of carbonyl (C=O) groups is 7. The Morgan fingerprint density at radius 3 is 1.38 bits per heavy atom. The summed E-state index contributed by atoms with van der Waals surface area (Å²) in [6.07, 6.45) is 8.84. The number of ether oxygens (including phenoxy) is 8. The summed E-state index contributed by atoms with van der Waals surface area (Å²) in [6, 6.07) is 26.7. The zero-order valence-electron chi connectivity index (χ0n) is 71.3. The second kappa shape index (κ2) is 34.7. The lowest BCUT2D eigenvalue weighted by Crippen LogP contribution is -2.53. The fraction of sp³-hybridized carbons (Fsp3) is 0.489. The van der Waals surface area contributed by atoms with Crippen molar-refractivity contribution in [2.75, 3.05) is 61.9 Å². The Kier molecular flexibility index (Phi) is 24.2. The minimum atomic E-state index is -0.753. The van der Waals surface area contributed by atoms with Gasteiger partial charge in [0.1, 0.15) is 60.1 Å². The Morgan fingerprint density at radius 2 is 0.958 bits per heavy atom. The number of aromatic amines is 2. The van der Waals surface area contributed by atoms with Crippen LogP contribution in [-0.2, 0) is 68.9 Å². The molecule has 7 amide bonds. The smallest absolute Gasteiger partial charge is 0.410 e. The van der Waals surface area contributed by atoms with Crippen molar-refractivity contribution in [3.63, 3.8) is 0 Å². The molecular formula is C92H111N13O15. The van der Waals surface area contributed by atoms with E-state index in [2.05, 4.69) is 111 Å². The summed E-state index contributed by atoms with van der Waals surface area (Å²) in [4.78, 5) is 126. The van der Waals surface area contributed by atoms with Gasteiger partial charge in [0.2, 0.25) is 17.7 Å². The molecule has 634 valence electrons. The summed E-state index contributed by atoms with van der Waals surface area (Å²) in [5.74, 6) is 2.84. The van der Waals surface area contributed by atoms with Crippen LogP contribution in [0, 0.1) is 23.7 Å². The minimum absolute atomic E-state index is 0.00426.